The third-order valence-corrected chi connectivity index (χ3v) is 3.96. The molecule has 0 saturated heterocycles. The molecule has 0 bridgehead atoms. The van der Waals surface area contributed by atoms with Crippen LogP contribution >= 0.6 is 11.3 Å². The fourth-order valence-corrected chi connectivity index (χ4v) is 2.76. The molecule has 2 amide bonds. The molecule has 0 radical (unpaired) electrons. The summed E-state index contributed by atoms with van der Waals surface area (Å²) in [5.74, 6) is 0.0162. The van der Waals surface area contributed by atoms with Crippen LogP contribution in [0, 0.1) is 19.7 Å². The predicted molar refractivity (Wildman–Crippen MR) is 86.3 cm³/mol. The van der Waals surface area contributed by atoms with E-state index >= 15 is 0 Å². The summed E-state index contributed by atoms with van der Waals surface area (Å²) in [7, 11) is 0. The van der Waals surface area contributed by atoms with Crippen LogP contribution in [0.5, 0.6) is 0 Å². The maximum atomic E-state index is 14.1. The molecule has 3 rings (SSSR count). The Morgan fingerprint density at radius 1 is 1.33 bits per heavy atom. The number of nitrogens with one attached hydrogen (secondary N) is 2. The molecule has 0 aliphatic heterocycles. The number of benzene rings is 1. The third kappa shape index (κ3) is 3.57. The van der Waals surface area contributed by atoms with Gasteiger partial charge in [0.1, 0.15) is 11.9 Å². The lowest BCUT2D eigenvalue weighted by Gasteiger charge is -2.16. The molecule has 24 heavy (non-hydrogen) atoms. The highest BCUT2D eigenvalue weighted by atomic mass is 32.1. The zero-order valence-corrected chi connectivity index (χ0v) is 13.7. The van der Waals surface area contributed by atoms with Gasteiger partial charge in [0.15, 0.2) is 11.0 Å². The fraction of sp³-hybridized carbons (Fsp3) is 0.200. The van der Waals surface area contributed by atoms with Gasteiger partial charge in [-0.1, -0.05) is 23.4 Å². The largest absolute Gasteiger partial charge is 0.340 e. The van der Waals surface area contributed by atoms with Gasteiger partial charge in [0.2, 0.25) is 5.89 Å². The molecule has 7 nitrogen and oxygen atoms in total. The highest BCUT2D eigenvalue weighted by Crippen LogP contribution is 2.23. The molecule has 0 spiro atoms. The van der Waals surface area contributed by atoms with Gasteiger partial charge >= 0.3 is 6.03 Å². The summed E-state index contributed by atoms with van der Waals surface area (Å²) in [6.45, 7) is 3.50. The lowest BCUT2D eigenvalue weighted by atomic mass is 10.1. The summed E-state index contributed by atoms with van der Waals surface area (Å²) in [5.41, 5.74) is 0.240. The van der Waals surface area contributed by atoms with Crippen molar-refractivity contribution in [3.8, 4) is 0 Å². The van der Waals surface area contributed by atoms with E-state index in [-0.39, 0.29) is 11.4 Å². The molecule has 0 aliphatic carbocycles. The third-order valence-electron chi connectivity index (χ3n) is 3.13. The van der Waals surface area contributed by atoms with Gasteiger partial charge in [-0.2, -0.15) is 4.98 Å². The first-order valence-electron chi connectivity index (χ1n) is 7.07. The number of thiazole rings is 1. The van der Waals surface area contributed by atoms with E-state index in [0.717, 1.165) is 4.88 Å². The molecule has 1 aromatic carbocycles. The summed E-state index contributed by atoms with van der Waals surface area (Å²) < 4.78 is 19.1. The molecule has 0 aliphatic rings. The van der Waals surface area contributed by atoms with E-state index in [2.05, 4.69) is 25.8 Å². The summed E-state index contributed by atoms with van der Waals surface area (Å²) in [6, 6.07) is 4.67. The Morgan fingerprint density at radius 3 is 2.75 bits per heavy atom. The first-order chi connectivity index (χ1) is 11.5. The average molecular weight is 347 g/mol. The monoisotopic (exact) mass is 347 g/mol. The van der Waals surface area contributed by atoms with Crippen LogP contribution in [-0.4, -0.2) is 21.2 Å². The van der Waals surface area contributed by atoms with Crippen molar-refractivity contribution in [3.05, 3.63) is 58.4 Å². The number of amides is 2. The molecule has 2 aromatic heterocycles. The number of rotatable bonds is 4. The van der Waals surface area contributed by atoms with Crippen LogP contribution in [0.25, 0.3) is 0 Å². The second kappa shape index (κ2) is 6.75. The van der Waals surface area contributed by atoms with Gasteiger partial charge < -0.3 is 9.84 Å². The molecule has 1 atom stereocenters. The smallest absolute Gasteiger partial charge is 0.321 e. The number of nitrogens with zero attached hydrogens (tertiary/aromatic N) is 3. The van der Waals surface area contributed by atoms with Crippen molar-refractivity contribution in [1.82, 2.24) is 20.4 Å². The van der Waals surface area contributed by atoms with Crippen molar-refractivity contribution in [1.29, 1.82) is 0 Å². The Bertz CT molecular complexity index is 863. The lowest BCUT2D eigenvalue weighted by molar-refractivity contribution is 0.249. The van der Waals surface area contributed by atoms with Gasteiger partial charge in [-0.25, -0.2) is 14.2 Å². The predicted octanol–water partition coefficient (Wildman–Crippen LogP) is 3.19. The highest BCUT2D eigenvalue weighted by molar-refractivity contribution is 7.15. The number of aryl methyl sites for hydroxylation is 2. The second-order valence-corrected chi connectivity index (χ2v) is 6.24. The van der Waals surface area contributed by atoms with Crippen molar-refractivity contribution in [2.24, 2.45) is 0 Å². The Balaban J connectivity index is 1.85. The fourth-order valence-electron chi connectivity index (χ4n) is 2.10. The van der Waals surface area contributed by atoms with Crippen LogP contribution in [0.4, 0.5) is 14.3 Å². The van der Waals surface area contributed by atoms with E-state index in [0.29, 0.717) is 11.0 Å². The van der Waals surface area contributed by atoms with Crippen LogP contribution in [0.15, 0.2) is 35.0 Å². The van der Waals surface area contributed by atoms with Crippen molar-refractivity contribution >= 4 is 22.5 Å². The number of halogens is 1. The topological polar surface area (TPSA) is 92.9 Å². The number of aromatic nitrogens is 3. The summed E-state index contributed by atoms with van der Waals surface area (Å²) >= 11 is 1.34. The Morgan fingerprint density at radius 2 is 2.12 bits per heavy atom. The lowest BCUT2D eigenvalue weighted by Crippen LogP contribution is -2.34. The summed E-state index contributed by atoms with van der Waals surface area (Å²) in [5, 5.41) is 9.50. The van der Waals surface area contributed by atoms with E-state index in [1.54, 1.807) is 31.3 Å². The maximum absolute atomic E-state index is 14.1. The molecule has 9 heteroatoms. The average Bonchev–Trinajstić information content (AvgIpc) is 3.14. The van der Waals surface area contributed by atoms with Crippen LogP contribution in [0.1, 0.15) is 28.2 Å². The molecule has 0 unspecified atom stereocenters. The Hall–Kier alpha value is -2.81. The minimum Gasteiger partial charge on any atom is -0.340 e. The SMILES string of the molecule is Cc1nc([C@H](NC(=O)Nc2ncc(C)s2)c2ccccc2F)no1. The van der Waals surface area contributed by atoms with Crippen molar-refractivity contribution in [2.45, 2.75) is 19.9 Å². The van der Waals surface area contributed by atoms with Gasteiger partial charge in [-0.05, 0) is 13.0 Å². The summed E-state index contributed by atoms with van der Waals surface area (Å²) in [4.78, 5) is 21.3. The first-order valence-corrected chi connectivity index (χ1v) is 7.89. The van der Waals surface area contributed by atoms with Crippen molar-refractivity contribution < 1.29 is 13.7 Å². The van der Waals surface area contributed by atoms with Crippen LogP contribution < -0.4 is 10.6 Å². The quantitative estimate of drug-likeness (QED) is 0.756. The van der Waals surface area contributed by atoms with E-state index in [1.165, 1.54) is 17.4 Å². The van der Waals surface area contributed by atoms with Crippen molar-refractivity contribution in [3.63, 3.8) is 0 Å². The van der Waals surface area contributed by atoms with E-state index in [4.69, 9.17) is 4.52 Å². The van der Waals surface area contributed by atoms with Gasteiger partial charge in [-0.3, -0.25) is 5.32 Å². The van der Waals surface area contributed by atoms with E-state index in [9.17, 15) is 9.18 Å². The molecule has 0 saturated carbocycles. The van der Waals surface area contributed by atoms with Gasteiger partial charge in [0, 0.05) is 23.6 Å². The molecule has 2 N–H and O–H groups in total. The minimum atomic E-state index is -0.885. The number of urea groups is 1. The van der Waals surface area contributed by atoms with Crippen LogP contribution in [0.2, 0.25) is 0 Å². The number of hydrogen-bond acceptors (Lipinski definition) is 6. The maximum Gasteiger partial charge on any atom is 0.321 e. The minimum absolute atomic E-state index is 0.170. The number of anilines is 1. The van der Waals surface area contributed by atoms with Gasteiger partial charge in [0.05, 0.1) is 0 Å². The standard InChI is InChI=1S/C15H14FN5O2S/c1-8-7-17-15(24-8)20-14(22)19-12(13-18-9(2)23-21-13)10-5-3-4-6-11(10)16/h3-7,12H,1-2H3,(H2,17,19,20,22)/t12-/m1/s1. The molecule has 3 aromatic rings. The summed E-state index contributed by atoms with van der Waals surface area (Å²) in [6.07, 6.45) is 1.65. The molecular formula is C15H14FN5O2S. The zero-order chi connectivity index (χ0) is 17.1. The van der Waals surface area contributed by atoms with Gasteiger partial charge in [0.25, 0.3) is 0 Å². The van der Waals surface area contributed by atoms with E-state index < -0.39 is 17.9 Å². The first kappa shape index (κ1) is 16.1. The Kier molecular flexibility index (Phi) is 4.52. The number of hydrogen-bond donors (Lipinski definition) is 2. The van der Waals surface area contributed by atoms with Crippen LogP contribution in [0.3, 0.4) is 0 Å². The van der Waals surface area contributed by atoms with Crippen LogP contribution in [-0.2, 0) is 0 Å². The highest BCUT2D eigenvalue weighted by Gasteiger charge is 2.25. The molecule has 124 valence electrons. The van der Waals surface area contributed by atoms with Crippen molar-refractivity contribution in [2.75, 3.05) is 5.32 Å². The molecule has 2 heterocycles. The second-order valence-electron chi connectivity index (χ2n) is 5.00. The molecule has 0 fully saturated rings. The molecular weight excluding hydrogens is 333 g/mol. The zero-order valence-electron chi connectivity index (χ0n) is 12.9. The Labute approximate surface area is 140 Å². The number of carbonyl (C=O) groups excluding carboxylic acids is 1. The van der Waals surface area contributed by atoms with E-state index in [1.807, 2.05) is 6.92 Å². The number of carbonyl (C=O) groups is 1. The normalized spacial score (nSPS) is 12.0. The van der Waals surface area contributed by atoms with Gasteiger partial charge in [-0.15, -0.1) is 11.3 Å².